The van der Waals surface area contributed by atoms with Crippen LogP contribution >= 0.6 is 0 Å². The summed E-state index contributed by atoms with van der Waals surface area (Å²) in [6, 6.07) is 30.4. The number of hydrogen-bond acceptors (Lipinski definition) is 5. The van der Waals surface area contributed by atoms with Gasteiger partial charge in [-0.15, -0.1) is 0 Å². The molecule has 0 radical (unpaired) electrons. The van der Waals surface area contributed by atoms with Crippen molar-refractivity contribution in [3.05, 3.63) is 108 Å². The maximum Gasteiger partial charge on any atom is 0.358 e. The molecular weight excluding hydrogens is 410 g/mol. The third-order valence-electron chi connectivity index (χ3n) is 5.91. The molecule has 5 heteroatoms. The lowest BCUT2D eigenvalue weighted by atomic mass is 9.95. The topological polar surface area (TPSA) is 53.6 Å². The summed E-state index contributed by atoms with van der Waals surface area (Å²) in [5.41, 5.74) is 2.72. The highest BCUT2D eigenvalue weighted by Gasteiger charge is 2.54. The molecule has 33 heavy (non-hydrogen) atoms. The maximum absolute atomic E-state index is 13.8. The van der Waals surface area contributed by atoms with Crippen molar-refractivity contribution in [3.8, 4) is 0 Å². The highest BCUT2D eigenvalue weighted by atomic mass is 16.6. The van der Waals surface area contributed by atoms with Crippen LogP contribution in [-0.2, 0) is 16.1 Å². The van der Waals surface area contributed by atoms with Crippen molar-refractivity contribution in [2.24, 2.45) is 0 Å². The fourth-order valence-corrected chi connectivity index (χ4v) is 4.35. The Morgan fingerprint density at radius 3 is 1.67 bits per heavy atom. The van der Waals surface area contributed by atoms with E-state index in [4.69, 9.17) is 4.74 Å². The first-order valence-electron chi connectivity index (χ1n) is 11.4. The van der Waals surface area contributed by atoms with Crippen LogP contribution in [0.15, 0.2) is 91.0 Å². The predicted molar refractivity (Wildman–Crippen MR) is 131 cm³/mol. The molecule has 1 aliphatic rings. The van der Waals surface area contributed by atoms with Crippen molar-refractivity contribution in [1.82, 2.24) is 15.5 Å². The molecule has 5 nitrogen and oxygen atoms in total. The molecule has 1 saturated heterocycles. The van der Waals surface area contributed by atoms with Crippen LogP contribution in [-0.4, -0.2) is 29.3 Å². The second-order valence-electron chi connectivity index (χ2n) is 9.62. The van der Waals surface area contributed by atoms with Gasteiger partial charge in [-0.25, -0.2) is 4.79 Å². The van der Waals surface area contributed by atoms with E-state index < -0.39 is 11.4 Å². The van der Waals surface area contributed by atoms with Crippen molar-refractivity contribution in [2.75, 3.05) is 7.05 Å². The van der Waals surface area contributed by atoms with Crippen molar-refractivity contribution in [2.45, 2.75) is 50.8 Å². The molecule has 0 aromatic heterocycles. The number of nitrogens with zero attached hydrogens (tertiary/aromatic N) is 1. The number of rotatable bonds is 6. The normalized spacial score (nSPS) is 22.9. The summed E-state index contributed by atoms with van der Waals surface area (Å²) in [5, 5.41) is 7.30. The average molecular weight is 444 g/mol. The summed E-state index contributed by atoms with van der Waals surface area (Å²) in [7, 11) is 1.95. The molecule has 1 fully saturated rings. The van der Waals surface area contributed by atoms with E-state index in [1.807, 2.05) is 87.3 Å². The Hall–Kier alpha value is -2.99. The van der Waals surface area contributed by atoms with Gasteiger partial charge in [0, 0.05) is 6.54 Å². The molecule has 0 bridgehead atoms. The maximum atomic E-state index is 13.8. The van der Waals surface area contributed by atoms with Crippen LogP contribution in [0.3, 0.4) is 0 Å². The minimum atomic E-state index is -1.20. The molecule has 0 spiro atoms. The second-order valence-corrected chi connectivity index (χ2v) is 9.62. The van der Waals surface area contributed by atoms with Crippen LogP contribution in [0.2, 0.25) is 0 Å². The van der Waals surface area contributed by atoms with Crippen molar-refractivity contribution >= 4 is 5.97 Å². The first-order chi connectivity index (χ1) is 15.8. The lowest BCUT2D eigenvalue weighted by molar-refractivity contribution is -0.174. The van der Waals surface area contributed by atoms with Gasteiger partial charge in [0.25, 0.3) is 0 Å². The summed E-state index contributed by atoms with van der Waals surface area (Å²) in [6.45, 7) is 6.26. The van der Waals surface area contributed by atoms with Gasteiger partial charge in [-0.05, 0) is 44.5 Å². The first kappa shape index (κ1) is 23.2. The number of hydrogen-bond donors (Lipinski definition) is 2. The van der Waals surface area contributed by atoms with Gasteiger partial charge in [-0.3, -0.25) is 15.5 Å². The largest absolute Gasteiger partial charge is 0.457 e. The van der Waals surface area contributed by atoms with Crippen LogP contribution in [0.5, 0.6) is 0 Å². The molecule has 2 N–H and O–H groups in total. The van der Waals surface area contributed by atoms with E-state index in [1.165, 1.54) is 0 Å². The summed E-state index contributed by atoms with van der Waals surface area (Å²) in [5.74, 6) is -1.54. The highest BCUT2D eigenvalue weighted by Crippen LogP contribution is 2.39. The molecule has 2 unspecified atom stereocenters. The van der Waals surface area contributed by atoms with Crippen LogP contribution in [0.25, 0.3) is 0 Å². The van der Waals surface area contributed by atoms with E-state index in [-0.39, 0.29) is 18.1 Å². The number of esters is 1. The fourth-order valence-electron chi connectivity index (χ4n) is 4.35. The van der Waals surface area contributed by atoms with Crippen LogP contribution in [0.4, 0.5) is 0 Å². The molecular formula is C28H33N3O2. The number of carbonyl (C=O) groups is 1. The SMILES string of the molecule is CN(Cc1ccccc1)C1(C(=O)OC(C)(C)C)NC(c2ccccc2)C(c2ccccc2)N1. The Bertz CT molecular complexity index is 1000. The molecule has 3 aromatic carbocycles. The summed E-state index contributed by atoms with van der Waals surface area (Å²) >= 11 is 0. The molecule has 2 atom stereocenters. The van der Waals surface area contributed by atoms with Gasteiger partial charge >= 0.3 is 5.97 Å². The Labute approximate surface area is 196 Å². The zero-order valence-electron chi connectivity index (χ0n) is 19.8. The van der Waals surface area contributed by atoms with Gasteiger partial charge in [-0.2, -0.15) is 0 Å². The second kappa shape index (κ2) is 9.48. The lowest BCUT2D eigenvalue weighted by Gasteiger charge is -2.39. The zero-order valence-corrected chi connectivity index (χ0v) is 19.8. The monoisotopic (exact) mass is 443 g/mol. The summed E-state index contributed by atoms with van der Waals surface area (Å²) < 4.78 is 5.95. The van der Waals surface area contributed by atoms with Gasteiger partial charge in [0.05, 0.1) is 12.1 Å². The number of nitrogens with one attached hydrogen (secondary N) is 2. The van der Waals surface area contributed by atoms with E-state index in [9.17, 15) is 4.79 Å². The molecule has 3 aromatic rings. The van der Waals surface area contributed by atoms with Crippen LogP contribution < -0.4 is 10.6 Å². The van der Waals surface area contributed by atoms with Crippen LogP contribution in [0.1, 0.15) is 49.5 Å². The van der Waals surface area contributed by atoms with Crippen molar-refractivity contribution < 1.29 is 9.53 Å². The minimum absolute atomic E-state index is 0.126. The van der Waals surface area contributed by atoms with Crippen LogP contribution in [0, 0.1) is 0 Å². The highest BCUT2D eigenvalue weighted by molar-refractivity contribution is 5.81. The molecule has 0 aliphatic carbocycles. The summed E-state index contributed by atoms with van der Waals surface area (Å²) in [6.07, 6.45) is 0. The van der Waals surface area contributed by atoms with E-state index in [2.05, 4.69) is 47.0 Å². The van der Waals surface area contributed by atoms with Crippen molar-refractivity contribution in [1.29, 1.82) is 0 Å². The van der Waals surface area contributed by atoms with E-state index in [1.54, 1.807) is 0 Å². The summed E-state index contributed by atoms with van der Waals surface area (Å²) in [4.78, 5) is 15.8. The number of likely N-dealkylation sites (N-methyl/N-ethyl adjacent to an activating group) is 1. The molecule has 1 aliphatic heterocycles. The fraction of sp³-hybridized carbons (Fsp3) is 0.321. The Balaban J connectivity index is 1.77. The van der Waals surface area contributed by atoms with Gasteiger partial charge < -0.3 is 4.74 Å². The van der Waals surface area contributed by atoms with E-state index >= 15 is 0 Å². The quantitative estimate of drug-likeness (QED) is 0.537. The van der Waals surface area contributed by atoms with Gasteiger partial charge in [0.15, 0.2) is 0 Å². The molecule has 4 rings (SSSR count). The number of benzene rings is 3. The lowest BCUT2D eigenvalue weighted by Crippen LogP contribution is -2.67. The standard InChI is InChI=1S/C28H33N3O2/c1-27(2,3)33-26(32)28(31(4)20-21-14-8-5-9-15-21)29-24(22-16-10-6-11-17-22)25(30-28)23-18-12-7-13-19-23/h5-19,24-25,29-30H,20H2,1-4H3. The zero-order chi connectivity index (χ0) is 23.5. The smallest absolute Gasteiger partial charge is 0.358 e. The number of ether oxygens (including phenoxy) is 1. The third-order valence-corrected chi connectivity index (χ3v) is 5.91. The van der Waals surface area contributed by atoms with Gasteiger partial charge in [0.1, 0.15) is 5.60 Å². The van der Waals surface area contributed by atoms with E-state index in [0.717, 1.165) is 16.7 Å². The molecule has 0 saturated carbocycles. The van der Waals surface area contributed by atoms with E-state index in [0.29, 0.717) is 6.54 Å². The first-order valence-corrected chi connectivity index (χ1v) is 11.4. The Morgan fingerprint density at radius 1 is 0.818 bits per heavy atom. The predicted octanol–water partition coefficient (Wildman–Crippen LogP) is 4.79. The van der Waals surface area contributed by atoms with Crippen molar-refractivity contribution in [3.63, 3.8) is 0 Å². The van der Waals surface area contributed by atoms with Gasteiger partial charge in [0.2, 0.25) is 5.79 Å². The Morgan fingerprint density at radius 2 is 1.24 bits per heavy atom. The van der Waals surface area contributed by atoms with Gasteiger partial charge in [-0.1, -0.05) is 91.0 Å². The molecule has 172 valence electrons. The Kier molecular flexibility index (Phi) is 6.66. The molecule has 0 amide bonds. The average Bonchev–Trinajstić information content (AvgIpc) is 3.22. The minimum Gasteiger partial charge on any atom is -0.457 e. The third kappa shape index (κ3) is 5.17. The molecule has 1 heterocycles. The number of carbonyl (C=O) groups excluding carboxylic acids is 1.